The van der Waals surface area contributed by atoms with Crippen LogP contribution >= 0.6 is 11.8 Å². The highest BCUT2D eigenvalue weighted by Gasteiger charge is 2.34. The van der Waals surface area contributed by atoms with E-state index in [1.165, 1.54) is 18.4 Å². The monoisotopic (exact) mass is 356 g/mol. The van der Waals surface area contributed by atoms with Crippen molar-refractivity contribution in [3.05, 3.63) is 35.7 Å². The van der Waals surface area contributed by atoms with Crippen molar-refractivity contribution in [2.75, 3.05) is 4.90 Å². The van der Waals surface area contributed by atoms with E-state index in [2.05, 4.69) is 33.8 Å². The number of aromatic nitrogens is 3. The van der Waals surface area contributed by atoms with Crippen LogP contribution in [0.5, 0.6) is 0 Å². The number of nitrogens with zero attached hydrogens (tertiary/aromatic N) is 4. The predicted molar refractivity (Wildman–Crippen MR) is 100.0 cm³/mol. The van der Waals surface area contributed by atoms with Crippen molar-refractivity contribution in [3.8, 4) is 0 Å². The highest BCUT2D eigenvalue weighted by atomic mass is 32.2. The molecule has 2 aliphatic rings. The van der Waals surface area contributed by atoms with E-state index in [0.717, 1.165) is 42.5 Å². The number of thioether (sulfide) groups is 1. The SMILES string of the molecule is C[C@H](Sc1nnc2n1CCCCC2)C(=O)N1c2ccccc2C[C@@H]1C. The summed E-state index contributed by atoms with van der Waals surface area (Å²) in [7, 11) is 0. The number of hydrogen-bond acceptors (Lipinski definition) is 4. The molecule has 0 unspecified atom stereocenters. The van der Waals surface area contributed by atoms with Crippen molar-refractivity contribution < 1.29 is 4.79 Å². The molecule has 0 radical (unpaired) electrons. The lowest BCUT2D eigenvalue weighted by Crippen LogP contribution is -2.40. The molecule has 0 saturated heterocycles. The van der Waals surface area contributed by atoms with Crippen LogP contribution in [0.15, 0.2) is 29.4 Å². The second kappa shape index (κ2) is 6.83. The number of carbonyl (C=O) groups is 1. The lowest BCUT2D eigenvalue weighted by molar-refractivity contribution is -0.118. The van der Waals surface area contributed by atoms with Gasteiger partial charge in [0.1, 0.15) is 5.82 Å². The van der Waals surface area contributed by atoms with Gasteiger partial charge in [-0.2, -0.15) is 0 Å². The van der Waals surface area contributed by atoms with Crippen LogP contribution in [-0.4, -0.2) is 32.0 Å². The third-order valence-corrected chi connectivity index (χ3v) is 6.22. The molecule has 5 nitrogen and oxygen atoms in total. The first-order chi connectivity index (χ1) is 12.1. The van der Waals surface area contributed by atoms with E-state index in [1.54, 1.807) is 11.8 Å². The Bertz CT molecular complexity index is 787. The van der Waals surface area contributed by atoms with E-state index in [9.17, 15) is 4.79 Å². The maximum atomic E-state index is 13.1. The van der Waals surface area contributed by atoms with Crippen LogP contribution in [0.1, 0.15) is 44.5 Å². The molecule has 6 heteroatoms. The maximum absolute atomic E-state index is 13.1. The van der Waals surface area contributed by atoms with Gasteiger partial charge in [0.05, 0.1) is 5.25 Å². The van der Waals surface area contributed by atoms with Gasteiger partial charge in [-0.1, -0.05) is 36.4 Å². The molecule has 132 valence electrons. The Morgan fingerprint density at radius 2 is 2.08 bits per heavy atom. The van der Waals surface area contributed by atoms with Crippen molar-refractivity contribution in [2.45, 2.75) is 68.9 Å². The molecule has 0 saturated carbocycles. The summed E-state index contributed by atoms with van der Waals surface area (Å²) in [4.78, 5) is 15.1. The number of rotatable bonds is 3. The number of amides is 1. The van der Waals surface area contributed by atoms with Gasteiger partial charge in [0.25, 0.3) is 0 Å². The van der Waals surface area contributed by atoms with Crippen LogP contribution in [0.2, 0.25) is 0 Å². The van der Waals surface area contributed by atoms with E-state index in [1.807, 2.05) is 24.0 Å². The molecule has 0 bridgehead atoms. The molecule has 1 amide bonds. The summed E-state index contributed by atoms with van der Waals surface area (Å²) < 4.78 is 2.21. The van der Waals surface area contributed by atoms with Gasteiger partial charge in [-0.25, -0.2) is 0 Å². The van der Waals surface area contributed by atoms with E-state index < -0.39 is 0 Å². The second-order valence-electron chi connectivity index (χ2n) is 7.01. The first kappa shape index (κ1) is 16.6. The number of fused-ring (bicyclic) bond motifs is 2. The minimum atomic E-state index is -0.176. The molecule has 1 aromatic heterocycles. The Kier molecular flexibility index (Phi) is 4.54. The summed E-state index contributed by atoms with van der Waals surface area (Å²) in [6, 6.07) is 8.44. The lowest BCUT2D eigenvalue weighted by Gasteiger charge is -2.25. The Morgan fingerprint density at radius 3 is 2.96 bits per heavy atom. The maximum Gasteiger partial charge on any atom is 0.240 e. The van der Waals surface area contributed by atoms with Gasteiger partial charge in [-0.05, 0) is 44.7 Å². The van der Waals surface area contributed by atoms with Gasteiger partial charge in [-0.3, -0.25) is 4.79 Å². The summed E-state index contributed by atoms with van der Waals surface area (Å²) in [6.07, 6.45) is 5.51. The van der Waals surface area contributed by atoms with Gasteiger partial charge in [-0.15, -0.1) is 10.2 Å². The van der Waals surface area contributed by atoms with Gasteiger partial charge < -0.3 is 9.47 Å². The predicted octanol–water partition coefficient (Wildman–Crippen LogP) is 3.46. The molecule has 3 heterocycles. The van der Waals surface area contributed by atoms with Crippen LogP contribution in [0.25, 0.3) is 0 Å². The molecule has 2 atom stereocenters. The quantitative estimate of drug-likeness (QED) is 0.790. The van der Waals surface area contributed by atoms with E-state index >= 15 is 0 Å². The average molecular weight is 356 g/mol. The standard InChI is InChI=1S/C19H24N4OS/c1-13-12-15-8-5-6-9-16(15)23(13)18(24)14(2)25-19-21-20-17-10-4-3-7-11-22(17)19/h5-6,8-9,13-14H,3-4,7,10-12H2,1-2H3/t13-,14-/m0/s1. The zero-order valence-corrected chi connectivity index (χ0v) is 15.6. The van der Waals surface area contributed by atoms with Crippen LogP contribution in [0.3, 0.4) is 0 Å². The van der Waals surface area contributed by atoms with Crippen LogP contribution in [0.4, 0.5) is 5.69 Å². The van der Waals surface area contributed by atoms with Crippen molar-refractivity contribution in [2.24, 2.45) is 0 Å². The first-order valence-electron chi connectivity index (χ1n) is 9.15. The molecule has 4 rings (SSSR count). The third kappa shape index (κ3) is 3.08. The van der Waals surface area contributed by atoms with Crippen molar-refractivity contribution in [1.82, 2.24) is 14.8 Å². The number of hydrogen-bond donors (Lipinski definition) is 0. The highest BCUT2D eigenvalue weighted by Crippen LogP contribution is 2.34. The molecule has 1 aromatic carbocycles. The van der Waals surface area contributed by atoms with Gasteiger partial charge in [0, 0.05) is 24.7 Å². The minimum Gasteiger partial charge on any atom is -0.308 e. The minimum absolute atomic E-state index is 0.161. The van der Waals surface area contributed by atoms with Gasteiger partial charge in [0.2, 0.25) is 5.91 Å². The largest absolute Gasteiger partial charge is 0.308 e. The molecule has 0 N–H and O–H groups in total. The topological polar surface area (TPSA) is 51.0 Å². The molecule has 2 aromatic rings. The second-order valence-corrected chi connectivity index (χ2v) is 8.32. The smallest absolute Gasteiger partial charge is 0.240 e. The number of benzene rings is 1. The highest BCUT2D eigenvalue weighted by molar-refractivity contribution is 8.00. The van der Waals surface area contributed by atoms with Crippen molar-refractivity contribution in [1.29, 1.82) is 0 Å². The van der Waals surface area contributed by atoms with Crippen molar-refractivity contribution in [3.63, 3.8) is 0 Å². The molecule has 0 aliphatic carbocycles. The van der Waals surface area contributed by atoms with Crippen LogP contribution < -0.4 is 4.90 Å². The molecule has 25 heavy (non-hydrogen) atoms. The zero-order chi connectivity index (χ0) is 17.4. The Hall–Kier alpha value is -1.82. The normalized spacial score (nSPS) is 20.7. The third-order valence-electron chi connectivity index (χ3n) is 5.15. The number of anilines is 1. The summed E-state index contributed by atoms with van der Waals surface area (Å²) in [5.74, 6) is 1.23. The Labute approximate surface area is 152 Å². The van der Waals surface area contributed by atoms with E-state index in [4.69, 9.17) is 0 Å². The fourth-order valence-electron chi connectivity index (χ4n) is 3.85. The molecular formula is C19H24N4OS. The Morgan fingerprint density at radius 1 is 1.24 bits per heavy atom. The average Bonchev–Trinajstić information content (AvgIpc) is 3.04. The molecule has 0 spiro atoms. The number of para-hydroxylation sites is 1. The zero-order valence-electron chi connectivity index (χ0n) is 14.8. The van der Waals surface area contributed by atoms with E-state index in [0.29, 0.717) is 0 Å². The Balaban J connectivity index is 1.53. The van der Waals surface area contributed by atoms with E-state index in [-0.39, 0.29) is 17.2 Å². The summed E-state index contributed by atoms with van der Waals surface area (Å²) in [5, 5.41) is 9.41. The first-order valence-corrected chi connectivity index (χ1v) is 10.0. The fourth-order valence-corrected chi connectivity index (χ4v) is 4.79. The number of aryl methyl sites for hydroxylation is 1. The molecule has 0 fully saturated rings. The van der Waals surface area contributed by atoms with Crippen LogP contribution in [0, 0.1) is 0 Å². The van der Waals surface area contributed by atoms with Gasteiger partial charge in [0.15, 0.2) is 5.16 Å². The summed E-state index contributed by atoms with van der Waals surface area (Å²) in [6.45, 7) is 5.08. The fraction of sp³-hybridized carbons (Fsp3) is 0.526. The van der Waals surface area contributed by atoms with Crippen molar-refractivity contribution >= 4 is 23.4 Å². The summed E-state index contributed by atoms with van der Waals surface area (Å²) in [5.41, 5.74) is 2.32. The lowest BCUT2D eigenvalue weighted by atomic mass is 10.1. The van der Waals surface area contributed by atoms with Crippen LogP contribution in [-0.2, 0) is 24.2 Å². The molecule has 2 aliphatic heterocycles. The summed E-state index contributed by atoms with van der Waals surface area (Å²) >= 11 is 1.54. The van der Waals surface area contributed by atoms with Gasteiger partial charge >= 0.3 is 0 Å². The molecular weight excluding hydrogens is 332 g/mol. The number of carbonyl (C=O) groups excluding carboxylic acids is 1.